The van der Waals surface area contributed by atoms with Crippen molar-refractivity contribution >= 4 is 39.2 Å². The summed E-state index contributed by atoms with van der Waals surface area (Å²) in [6.45, 7) is 1.61. The van der Waals surface area contributed by atoms with Gasteiger partial charge >= 0.3 is 0 Å². The molecule has 128 valence electrons. The predicted octanol–water partition coefficient (Wildman–Crippen LogP) is 5.05. The molecule has 0 bridgehead atoms. The molecule has 0 aliphatic carbocycles. The number of furan rings is 1. The molecule has 6 heteroatoms. The van der Waals surface area contributed by atoms with E-state index in [1.165, 1.54) is 6.07 Å². The summed E-state index contributed by atoms with van der Waals surface area (Å²) in [5.41, 5.74) is 2.32. The van der Waals surface area contributed by atoms with Crippen LogP contribution in [0.2, 0.25) is 0 Å². The van der Waals surface area contributed by atoms with Gasteiger partial charge in [-0.15, -0.1) is 0 Å². The van der Waals surface area contributed by atoms with Gasteiger partial charge in [-0.1, -0.05) is 30.3 Å². The van der Waals surface area contributed by atoms with E-state index in [-0.39, 0.29) is 11.3 Å². The average Bonchev–Trinajstić information content (AvgIpc) is 2.99. The van der Waals surface area contributed by atoms with E-state index in [0.29, 0.717) is 16.8 Å². The number of carbonyl (C=O) groups is 1. The molecule has 26 heavy (non-hydrogen) atoms. The normalized spacial score (nSPS) is 11.0. The van der Waals surface area contributed by atoms with Crippen LogP contribution in [0.25, 0.3) is 21.9 Å². The van der Waals surface area contributed by atoms with Gasteiger partial charge < -0.3 is 9.73 Å². The molecular formula is C20H14N2O4. The van der Waals surface area contributed by atoms with Gasteiger partial charge in [0.15, 0.2) is 0 Å². The number of aryl methyl sites for hydroxylation is 1. The zero-order valence-corrected chi connectivity index (χ0v) is 13.9. The van der Waals surface area contributed by atoms with Crippen LogP contribution in [0.5, 0.6) is 0 Å². The van der Waals surface area contributed by atoms with Gasteiger partial charge in [0.25, 0.3) is 11.6 Å². The number of para-hydroxylation sites is 2. The van der Waals surface area contributed by atoms with Crippen molar-refractivity contribution in [1.82, 2.24) is 0 Å². The summed E-state index contributed by atoms with van der Waals surface area (Å²) in [5.74, 6) is -0.521. The monoisotopic (exact) mass is 346 g/mol. The molecule has 1 heterocycles. The number of rotatable bonds is 3. The zero-order chi connectivity index (χ0) is 18.3. The minimum absolute atomic E-state index is 0.0344. The first-order chi connectivity index (χ1) is 12.5. The van der Waals surface area contributed by atoms with Crippen LogP contribution in [0.4, 0.5) is 11.4 Å². The number of nitrogens with one attached hydrogen (secondary N) is 1. The van der Waals surface area contributed by atoms with Gasteiger partial charge in [0.05, 0.1) is 4.92 Å². The van der Waals surface area contributed by atoms with Crippen LogP contribution in [0.3, 0.4) is 0 Å². The van der Waals surface area contributed by atoms with Gasteiger partial charge in [-0.25, -0.2) is 0 Å². The maximum absolute atomic E-state index is 12.6. The molecule has 1 N–H and O–H groups in total. The van der Waals surface area contributed by atoms with E-state index in [0.717, 1.165) is 16.4 Å². The summed E-state index contributed by atoms with van der Waals surface area (Å²) in [4.78, 5) is 23.4. The lowest BCUT2D eigenvalue weighted by atomic mass is 10.1. The second-order valence-electron chi connectivity index (χ2n) is 5.99. The van der Waals surface area contributed by atoms with Crippen molar-refractivity contribution < 1.29 is 14.1 Å². The van der Waals surface area contributed by atoms with Crippen molar-refractivity contribution in [2.24, 2.45) is 0 Å². The average molecular weight is 346 g/mol. The molecule has 3 aromatic carbocycles. The number of fused-ring (bicyclic) bond motifs is 3. The fourth-order valence-corrected chi connectivity index (χ4v) is 3.09. The Kier molecular flexibility index (Phi) is 3.65. The van der Waals surface area contributed by atoms with Crippen LogP contribution in [0.1, 0.15) is 15.9 Å². The SMILES string of the molecule is Cc1cccc(C(=O)Nc2ccc3oc4ccccc4c3c2)c1[N+](=O)[O-]. The first-order valence-corrected chi connectivity index (χ1v) is 8.01. The fraction of sp³-hybridized carbons (Fsp3) is 0.0500. The van der Waals surface area contributed by atoms with E-state index in [1.54, 1.807) is 37.3 Å². The Bertz CT molecular complexity index is 1180. The van der Waals surface area contributed by atoms with Gasteiger partial charge in [-0.2, -0.15) is 0 Å². The Morgan fingerprint density at radius 1 is 1.00 bits per heavy atom. The van der Waals surface area contributed by atoms with Gasteiger partial charge in [0.2, 0.25) is 0 Å². The summed E-state index contributed by atoms with van der Waals surface area (Å²) in [7, 11) is 0. The van der Waals surface area contributed by atoms with Gasteiger partial charge in [-0.3, -0.25) is 14.9 Å². The molecule has 0 saturated heterocycles. The zero-order valence-electron chi connectivity index (χ0n) is 13.9. The van der Waals surface area contributed by atoms with Crippen molar-refractivity contribution in [3.8, 4) is 0 Å². The fourth-order valence-electron chi connectivity index (χ4n) is 3.09. The van der Waals surface area contributed by atoms with Crippen molar-refractivity contribution in [3.63, 3.8) is 0 Å². The highest BCUT2D eigenvalue weighted by Gasteiger charge is 2.22. The Balaban J connectivity index is 1.74. The second-order valence-corrected chi connectivity index (χ2v) is 5.99. The summed E-state index contributed by atoms with van der Waals surface area (Å²) in [5, 5.41) is 15.9. The third-order valence-corrected chi connectivity index (χ3v) is 4.30. The minimum atomic E-state index is -0.531. The van der Waals surface area contributed by atoms with E-state index in [2.05, 4.69) is 5.32 Å². The van der Waals surface area contributed by atoms with Crippen molar-refractivity contribution in [3.05, 3.63) is 81.9 Å². The molecule has 0 aliphatic rings. The Morgan fingerprint density at radius 3 is 2.58 bits per heavy atom. The van der Waals surface area contributed by atoms with Crippen LogP contribution in [-0.4, -0.2) is 10.8 Å². The summed E-state index contributed by atoms with van der Waals surface area (Å²) in [6, 6.07) is 17.6. The molecule has 4 rings (SSSR count). The highest BCUT2D eigenvalue weighted by atomic mass is 16.6. The number of amides is 1. The molecule has 4 aromatic rings. The number of anilines is 1. The third kappa shape index (κ3) is 2.57. The van der Waals surface area contributed by atoms with Gasteiger partial charge in [-0.05, 0) is 37.3 Å². The number of carbonyl (C=O) groups excluding carboxylic acids is 1. The molecule has 0 spiro atoms. The van der Waals surface area contributed by atoms with E-state index in [9.17, 15) is 14.9 Å². The quantitative estimate of drug-likeness (QED) is 0.415. The lowest BCUT2D eigenvalue weighted by molar-refractivity contribution is -0.385. The molecule has 6 nitrogen and oxygen atoms in total. The maximum atomic E-state index is 12.6. The molecule has 0 saturated carbocycles. The lowest BCUT2D eigenvalue weighted by Crippen LogP contribution is -2.14. The summed E-state index contributed by atoms with van der Waals surface area (Å²) >= 11 is 0. The van der Waals surface area contributed by atoms with E-state index >= 15 is 0 Å². The van der Waals surface area contributed by atoms with Crippen LogP contribution >= 0.6 is 0 Å². The molecule has 0 unspecified atom stereocenters. The first-order valence-electron chi connectivity index (χ1n) is 8.01. The van der Waals surface area contributed by atoms with Crippen LogP contribution in [0.15, 0.2) is 65.1 Å². The van der Waals surface area contributed by atoms with Crippen LogP contribution < -0.4 is 5.32 Å². The molecule has 1 amide bonds. The van der Waals surface area contributed by atoms with E-state index in [1.807, 2.05) is 24.3 Å². The number of hydrogen-bond donors (Lipinski definition) is 1. The first kappa shape index (κ1) is 15.8. The van der Waals surface area contributed by atoms with Crippen LogP contribution in [0, 0.1) is 17.0 Å². The molecular weight excluding hydrogens is 332 g/mol. The smallest absolute Gasteiger partial charge is 0.285 e. The topological polar surface area (TPSA) is 85.4 Å². The number of nitro groups is 1. The molecule has 0 atom stereocenters. The summed E-state index contributed by atoms with van der Waals surface area (Å²) in [6.07, 6.45) is 0. The Labute approximate surface area is 148 Å². The second kappa shape index (κ2) is 6.00. The molecule has 0 fully saturated rings. The van der Waals surface area contributed by atoms with Crippen molar-refractivity contribution in [2.75, 3.05) is 5.32 Å². The van der Waals surface area contributed by atoms with E-state index < -0.39 is 10.8 Å². The largest absolute Gasteiger partial charge is 0.456 e. The number of benzene rings is 3. The number of hydrogen-bond acceptors (Lipinski definition) is 4. The van der Waals surface area contributed by atoms with Gasteiger partial charge in [0, 0.05) is 22.0 Å². The Hall–Kier alpha value is -3.67. The predicted molar refractivity (Wildman–Crippen MR) is 99.5 cm³/mol. The minimum Gasteiger partial charge on any atom is -0.456 e. The lowest BCUT2D eigenvalue weighted by Gasteiger charge is -2.07. The highest BCUT2D eigenvalue weighted by molar-refractivity contribution is 6.10. The molecule has 0 radical (unpaired) electrons. The Morgan fingerprint density at radius 2 is 1.77 bits per heavy atom. The van der Waals surface area contributed by atoms with Crippen LogP contribution in [-0.2, 0) is 0 Å². The number of nitro benzene ring substituents is 1. The number of nitrogens with zero attached hydrogens (tertiary/aromatic N) is 1. The van der Waals surface area contributed by atoms with E-state index in [4.69, 9.17) is 4.42 Å². The third-order valence-electron chi connectivity index (χ3n) is 4.30. The summed E-state index contributed by atoms with van der Waals surface area (Å²) < 4.78 is 5.76. The van der Waals surface area contributed by atoms with Crippen molar-refractivity contribution in [2.45, 2.75) is 6.92 Å². The van der Waals surface area contributed by atoms with Gasteiger partial charge in [0.1, 0.15) is 16.7 Å². The maximum Gasteiger partial charge on any atom is 0.285 e. The highest BCUT2D eigenvalue weighted by Crippen LogP contribution is 2.31. The molecule has 0 aliphatic heterocycles. The van der Waals surface area contributed by atoms with Crippen molar-refractivity contribution in [1.29, 1.82) is 0 Å². The standard InChI is InChI=1S/C20H14N2O4/c1-12-5-4-7-15(19(12)22(24)25)20(23)21-13-9-10-18-16(11-13)14-6-2-3-8-17(14)26-18/h2-11H,1H3,(H,21,23). The molecule has 1 aromatic heterocycles.